The van der Waals surface area contributed by atoms with Crippen molar-refractivity contribution in [1.82, 2.24) is 9.88 Å². The van der Waals surface area contributed by atoms with Crippen molar-refractivity contribution in [2.45, 2.75) is 32.4 Å². The highest BCUT2D eigenvalue weighted by Gasteiger charge is 2.19. The Kier molecular flexibility index (Phi) is 5.08. The minimum absolute atomic E-state index is 0.302. The Balaban J connectivity index is 2.66. The minimum Gasteiger partial charge on any atom is -0.397 e. The van der Waals surface area contributed by atoms with E-state index in [9.17, 15) is 13.6 Å². The second kappa shape index (κ2) is 6.34. The van der Waals surface area contributed by atoms with E-state index in [0.29, 0.717) is 17.9 Å². The van der Waals surface area contributed by atoms with Crippen LogP contribution in [0.1, 0.15) is 23.8 Å². The number of hydrogen-bond acceptors (Lipinski definition) is 3. The molecule has 18 heavy (non-hydrogen) atoms. The largest absolute Gasteiger partial charge is 0.397 e. The number of halogens is 2. The normalized spacial score (nSPS) is 12.7. The van der Waals surface area contributed by atoms with Crippen molar-refractivity contribution in [2.24, 2.45) is 0 Å². The lowest BCUT2D eigenvalue weighted by atomic mass is 10.3. The Morgan fingerprint density at radius 3 is 2.83 bits per heavy atom. The molecule has 0 aliphatic rings. The van der Waals surface area contributed by atoms with E-state index in [2.05, 4.69) is 5.32 Å². The van der Waals surface area contributed by atoms with Gasteiger partial charge < -0.3 is 20.7 Å². The van der Waals surface area contributed by atoms with Gasteiger partial charge in [-0.25, -0.2) is 8.78 Å². The standard InChI is InChI=1S/C11H17F2N3O2/c1-2-3-16-6-7(14)4-8(16)11(18)15-5-9(17)10(12)13/h4,6,9-10,17H,2-3,5,14H2,1H3,(H,15,18). The monoisotopic (exact) mass is 261 g/mol. The Morgan fingerprint density at radius 1 is 1.61 bits per heavy atom. The van der Waals surface area contributed by atoms with Gasteiger partial charge in [-0.3, -0.25) is 4.79 Å². The van der Waals surface area contributed by atoms with Gasteiger partial charge >= 0.3 is 0 Å². The molecule has 7 heteroatoms. The molecule has 0 saturated carbocycles. The molecule has 1 heterocycles. The molecule has 0 aliphatic heterocycles. The number of anilines is 1. The Bertz CT molecular complexity index is 407. The molecule has 1 aromatic heterocycles. The number of rotatable bonds is 6. The van der Waals surface area contributed by atoms with Crippen LogP contribution in [0.25, 0.3) is 0 Å². The van der Waals surface area contributed by atoms with Crippen LogP contribution in [0.15, 0.2) is 12.3 Å². The highest BCUT2D eigenvalue weighted by molar-refractivity contribution is 5.93. The van der Waals surface area contributed by atoms with Gasteiger partial charge in [0.2, 0.25) is 0 Å². The second-order valence-electron chi connectivity index (χ2n) is 3.96. The van der Waals surface area contributed by atoms with Crippen LogP contribution in [0.5, 0.6) is 0 Å². The van der Waals surface area contributed by atoms with E-state index in [-0.39, 0.29) is 0 Å². The molecule has 5 nitrogen and oxygen atoms in total. The molecule has 102 valence electrons. The van der Waals surface area contributed by atoms with E-state index < -0.39 is 25.0 Å². The number of nitrogens with zero attached hydrogens (tertiary/aromatic N) is 1. The predicted octanol–water partition coefficient (Wildman–Crippen LogP) is 0.836. The zero-order chi connectivity index (χ0) is 13.7. The third kappa shape index (κ3) is 3.69. The van der Waals surface area contributed by atoms with Gasteiger partial charge in [0.05, 0.1) is 5.69 Å². The van der Waals surface area contributed by atoms with Crippen LogP contribution < -0.4 is 11.1 Å². The summed E-state index contributed by atoms with van der Waals surface area (Å²) in [6.07, 6.45) is -2.31. The number of nitrogen functional groups attached to an aromatic ring is 1. The maximum Gasteiger partial charge on any atom is 0.268 e. The van der Waals surface area contributed by atoms with Gasteiger partial charge in [-0.2, -0.15) is 0 Å². The topological polar surface area (TPSA) is 80.3 Å². The molecule has 0 saturated heterocycles. The maximum absolute atomic E-state index is 12.1. The molecule has 0 radical (unpaired) electrons. The van der Waals surface area contributed by atoms with Crippen molar-refractivity contribution in [3.63, 3.8) is 0 Å². The SMILES string of the molecule is CCCn1cc(N)cc1C(=O)NCC(O)C(F)F. The summed E-state index contributed by atoms with van der Waals surface area (Å²) in [7, 11) is 0. The predicted molar refractivity (Wildman–Crippen MR) is 63.5 cm³/mol. The van der Waals surface area contributed by atoms with Gasteiger partial charge in [-0.05, 0) is 12.5 Å². The van der Waals surface area contributed by atoms with Gasteiger partial charge in [-0.15, -0.1) is 0 Å². The lowest BCUT2D eigenvalue weighted by molar-refractivity contribution is -0.00274. The van der Waals surface area contributed by atoms with E-state index in [0.717, 1.165) is 6.42 Å². The number of carbonyl (C=O) groups excluding carboxylic acids is 1. The highest BCUT2D eigenvalue weighted by atomic mass is 19.3. The smallest absolute Gasteiger partial charge is 0.268 e. The molecule has 0 aliphatic carbocycles. The van der Waals surface area contributed by atoms with Crippen molar-refractivity contribution < 1.29 is 18.7 Å². The van der Waals surface area contributed by atoms with Crippen LogP contribution in [0.2, 0.25) is 0 Å². The molecule has 0 aromatic carbocycles. The number of nitrogens with two attached hydrogens (primary N) is 1. The third-order valence-corrected chi connectivity index (χ3v) is 2.38. The van der Waals surface area contributed by atoms with Gasteiger partial charge in [0.15, 0.2) is 0 Å². The summed E-state index contributed by atoms with van der Waals surface area (Å²) in [4.78, 5) is 11.7. The average Bonchev–Trinajstić information content (AvgIpc) is 2.67. The Morgan fingerprint density at radius 2 is 2.28 bits per heavy atom. The summed E-state index contributed by atoms with van der Waals surface area (Å²) in [6, 6.07) is 1.47. The van der Waals surface area contributed by atoms with Crippen LogP contribution in [-0.2, 0) is 6.54 Å². The molecule has 4 N–H and O–H groups in total. The van der Waals surface area contributed by atoms with E-state index in [4.69, 9.17) is 10.8 Å². The number of aliphatic hydroxyl groups excluding tert-OH is 1. The van der Waals surface area contributed by atoms with Crippen molar-refractivity contribution in [2.75, 3.05) is 12.3 Å². The van der Waals surface area contributed by atoms with Crippen LogP contribution >= 0.6 is 0 Å². The highest BCUT2D eigenvalue weighted by Crippen LogP contribution is 2.11. The van der Waals surface area contributed by atoms with Gasteiger partial charge in [0, 0.05) is 19.3 Å². The van der Waals surface area contributed by atoms with E-state index in [1.54, 1.807) is 10.8 Å². The van der Waals surface area contributed by atoms with Gasteiger partial charge in [0.1, 0.15) is 11.8 Å². The lowest BCUT2D eigenvalue weighted by Gasteiger charge is -2.12. The first-order valence-electron chi connectivity index (χ1n) is 5.65. The summed E-state index contributed by atoms with van der Waals surface area (Å²) in [5.41, 5.74) is 6.32. The number of aryl methyl sites for hydroxylation is 1. The summed E-state index contributed by atoms with van der Waals surface area (Å²) in [6.45, 7) is 2.06. The first-order chi connectivity index (χ1) is 8.45. The van der Waals surface area contributed by atoms with Crippen LogP contribution in [-0.4, -0.2) is 34.7 Å². The quantitative estimate of drug-likeness (QED) is 0.709. The van der Waals surface area contributed by atoms with Crippen molar-refractivity contribution in [3.8, 4) is 0 Å². The first kappa shape index (κ1) is 14.4. The third-order valence-electron chi connectivity index (χ3n) is 2.38. The second-order valence-corrected chi connectivity index (χ2v) is 3.96. The number of aliphatic hydroxyl groups is 1. The Hall–Kier alpha value is -1.63. The molecular weight excluding hydrogens is 244 g/mol. The molecule has 1 atom stereocenters. The first-order valence-corrected chi connectivity index (χ1v) is 5.65. The van der Waals surface area contributed by atoms with Crippen molar-refractivity contribution in [3.05, 3.63) is 18.0 Å². The molecule has 0 bridgehead atoms. The minimum atomic E-state index is -2.88. The molecular formula is C11H17F2N3O2. The lowest BCUT2D eigenvalue weighted by Crippen LogP contribution is -2.36. The summed E-state index contributed by atoms with van der Waals surface area (Å²) >= 11 is 0. The average molecular weight is 261 g/mol. The maximum atomic E-state index is 12.1. The molecule has 0 fully saturated rings. The van der Waals surface area contributed by atoms with Crippen LogP contribution in [0.4, 0.5) is 14.5 Å². The number of amides is 1. The zero-order valence-corrected chi connectivity index (χ0v) is 10.1. The van der Waals surface area contributed by atoms with Crippen molar-refractivity contribution in [1.29, 1.82) is 0 Å². The number of nitrogens with one attached hydrogen (secondary N) is 1. The van der Waals surface area contributed by atoms with Crippen LogP contribution in [0, 0.1) is 0 Å². The zero-order valence-electron chi connectivity index (χ0n) is 10.1. The summed E-state index contributed by atoms with van der Waals surface area (Å²) in [5.74, 6) is -0.528. The van der Waals surface area contributed by atoms with E-state index in [1.807, 2.05) is 6.92 Å². The number of carbonyl (C=O) groups is 1. The number of hydrogen-bond donors (Lipinski definition) is 3. The van der Waals surface area contributed by atoms with E-state index in [1.165, 1.54) is 6.07 Å². The fourth-order valence-corrected chi connectivity index (χ4v) is 1.53. The fraction of sp³-hybridized carbons (Fsp3) is 0.545. The number of alkyl halides is 2. The molecule has 1 unspecified atom stereocenters. The van der Waals surface area contributed by atoms with E-state index >= 15 is 0 Å². The Labute approximate surface area is 104 Å². The molecule has 0 spiro atoms. The van der Waals surface area contributed by atoms with Crippen LogP contribution in [0.3, 0.4) is 0 Å². The summed E-state index contributed by atoms with van der Waals surface area (Å²) in [5, 5.41) is 11.2. The molecule has 1 amide bonds. The fourth-order valence-electron chi connectivity index (χ4n) is 1.53. The molecule has 1 aromatic rings. The van der Waals surface area contributed by atoms with Crippen molar-refractivity contribution >= 4 is 11.6 Å². The van der Waals surface area contributed by atoms with Gasteiger partial charge in [-0.1, -0.05) is 6.92 Å². The summed E-state index contributed by atoms with van der Waals surface area (Å²) < 4.78 is 25.8. The molecule has 1 rings (SSSR count). The van der Waals surface area contributed by atoms with Gasteiger partial charge in [0.25, 0.3) is 12.3 Å². The number of aromatic nitrogens is 1.